The van der Waals surface area contributed by atoms with Gasteiger partial charge in [-0.2, -0.15) is 0 Å². The molecule has 0 spiro atoms. The molecule has 1 amide bonds. The van der Waals surface area contributed by atoms with E-state index in [4.69, 9.17) is 0 Å². The van der Waals surface area contributed by atoms with E-state index in [-0.39, 0.29) is 24.8 Å². The molecule has 0 saturated heterocycles. The molecular formula is C18H32Cl2NOSiZr. The first-order chi connectivity index (χ1) is 10.3. The molecule has 0 aromatic heterocycles. The molecule has 137 valence electrons. The van der Waals surface area contributed by atoms with Crippen LogP contribution in [0.1, 0.15) is 59.8 Å². The third-order valence-electron chi connectivity index (χ3n) is 5.74. The minimum atomic E-state index is -1.98. The zero-order chi connectivity index (χ0) is 16.4. The number of amides is 1. The van der Waals surface area contributed by atoms with Gasteiger partial charge in [-0.1, -0.05) is 0 Å². The number of halogens is 2. The van der Waals surface area contributed by atoms with Crippen molar-refractivity contribution in [2.24, 2.45) is 11.8 Å². The largest absolute Gasteiger partial charge is 1.00 e. The van der Waals surface area contributed by atoms with E-state index in [0.29, 0.717) is 17.7 Å². The molecule has 0 bridgehead atoms. The number of hydrogen-bond donors (Lipinski definition) is 1. The zero-order valence-corrected chi connectivity index (χ0v) is 21.1. The van der Waals surface area contributed by atoms with Crippen LogP contribution in [-0.2, 0) is 26.0 Å². The average molecular weight is 469 g/mol. The minimum Gasteiger partial charge on any atom is -1.00 e. The number of rotatable bonds is 4. The Balaban J connectivity index is 0.00000264. The van der Waals surface area contributed by atoms with Crippen LogP contribution in [0, 0.1) is 11.8 Å². The average Bonchev–Trinajstić information content (AvgIpc) is 2.69. The Bertz CT molecular complexity index is 513. The van der Waals surface area contributed by atoms with Crippen molar-refractivity contribution in [1.82, 2.24) is 3.26 Å². The van der Waals surface area contributed by atoms with Crippen LogP contribution < -0.4 is 28.1 Å². The summed E-state index contributed by atoms with van der Waals surface area (Å²) in [6.45, 7) is 14.1. The third-order valence-corrected chi connectivity index (χ3v) is 22.8. The smallest absolute Gasteiger partial charge is 1.00 e. The molecule has 0 radical (unpaired) electrons. The summed E-state index contributed by atoms with van der Waals surface area (Å²) in [5, 5.41) is 0. The summed E-state index contributed by atoms with van der Waals surface area (Å²) >= 11 is -1.98. The topological polar surface area (TPSA) is 29.1 Å². The molecule has 1 atom stereocenters. The summed E-state index contributed by atoms with van der Waals surface area (Å²) < 4.78 is 5.36. The van der Waals surface area contributed by atoms with Crippen LogP contribution in [0.5, 0.6) is 0 Å². The Kier molecular flexibility index (Phi) is 11.0. The van der Waals surface area contributed by atoms with Crippen molar-refractivity contribution in [3.8, 4) is 0 Å². The molecule has 0 aromatic carbocycles. The van der Waals surface area contributed by atoms with Gasteiger partial charge in [-0.25, -0.2) is 0 Å². The number of nitrogens with one attached hydrogen (secondary N) is 1. The van der Waals surface area contributed by atoms with Gasteiger partial charge in [0.1, 0.15) is 0 Å². The summed E-state index contributed by atoms with van der Waals surface area (Å²) in [5.41, 5.74) is 4.54. The predicted octanol–water partition coefficient (Wildman–Crippen LogP) is -1.53. The van der Waals surface area contributed by atoms with Crippen molar-refractivity contribution >= 4 is 11.8 Å². The first kappa shape index (κ1) is 24.6. The molecule has 1 saturated carbocycles. The molecule has 1 fully saturated rings. The summed E-state index contributed by atoms with van der Waals surface area (Å²) in [6.07, 6.45) is 6.04. The van der Waals surface area contributed by atoms with Gasteiger partial charge >= 0.3 is 146 Å². The molecule has 2 nitrogen and oxygen atoms in total. The molecule has 1 unspecified atom stereocenters. The van der Waals surface area contributed by atoms with Crippen LogP contribution in [0.15, 0.2) is 20.0 Å². The van der Waals surface area contributed by atoms with E-state index in [9.17, 15) is 4.79 Å². The van der Waals surface area contributed by atoms with Crippen molar-refractivity contribution < 1.29 is 50.8 Å². The van der Waals surface area contributed by atoms with E-state index in [1.807, 2.05) is 0 Å². The molecule has 6 heteroatoms. The SMILES string of the molecule is CC1=C(C)C(C)[C]([Zr+2]([NH]C(=O)C2CCCCC2)[SiH](C)C)=C1C.[Cl-].[Cl-]. The fourth-order valence-electron chi connectivity index (χ4n) is 3.92. The first-order valence-corrected chi connectivity index (χ1v) is 18.5. The fourth-order valence-corrected chi connectivity index (χ4v) is 19.8. The Morgan fingerprint density at radius 3 is 2.00 bits per heavy atom. The molecule has 24 heavy (non-hydrogen) atoms. The standard InChI is InChI=1S/C9H13.C7H13NO.C2H7Si.2ClH.Zr/c1-6-5-7(2)9(4)8(6)3;8-7(9)6-4-2-1-3-5-6;1-3-2;;;/h6H,1-4H3;6H,1-5H2,(H2,8,9);3H,1-2H3;2*1H;/q;;;;;+3/p-3. The van der Waals surface area contributed by atoms with Gasteiger partial charge in [-0.05, 0) is 0 Å². The molecule has 2 rings (SSSR count). The second-order valence-corrected chi connectivity index (χ2v) is 25.7. The van der Waals surface area contributed by atoms with E-state index >= 15 is 0 Å². The second-order valence-electron chi connectivity index (χ2n) is 7.46. The maximum absolute atomic E-state index is 12.8. The van der Waals surface area contributed by atoms with Gasteiger partial charge in [0.2, 0.25) is 0 Å². The van der Waals surface area contributed by atoms with Crippen LogP contribution in [-0.4, -0.2) is 11.8 Å². The Labute approximate surface area is 169 Å². The molecule has 2 aliphatic carbocycles. The van der Waals surface area contributed by atoms with E-state index < -0.39 is 27.1 Å². The van der Waals surface area contributed by atoms with Crippen LogP contribution in [0.25, 0.3) is 0 Å². The number of hydrogen-bond acceptors (Lipinski definition) is 1. The summed E-state index contributed by atoms with van der Waals surface area (Å²) in [6, 6.07) is 0. The quantitative estimate of drug-likeness (QED) is 0.499. The fraction of sp³-hybridized carbons (Fsp3) is 0.722. The third kappa shape index (κ3) is 5.32. The van der Waals surface area contributed by atoms with Gasteiger partial charge in [-0.3, -0.25) is 0 Å². The van der Waals surface area contributed by atoms with Crippen molar-refractivity contribution in [3.05, 3.63) is 20.0 Å². The first-order valence-electron chi connectivity index (χ1n) is 8.91. The van der Waals surface area contributed by atoms with E-state index in [1.165, 1.54) is 36.0 Å². The van der Waals surface area contributed by atoms with Gasteiger partial charge in [0.25, 0.3) is 0 Å². The van der Waals surface area contributed by atoms with Crippen LogP contribution >= 0.6 is 0 Å². The van der Waals surface area contributed by atoms with Gasteiger partial charge in [0.05, 0.1) is 0 Å². The molecule has 0 aliphatic heterocycles. The van der Waals surface area contributed by atoms with Gasteiger partial charge in [-0.15, -0.1) is 0 Å². The summed E-state index contributed by atoms with van der Waals surface area (Å²) in [5.74, 6) is 0.497. The maximum atomic E-state index is 12.8. The predicted molar refractivity (Wildman–Crippen MR) is 93.8 cm³/mol. The van der Waals surface area contributed by atoms with Gasteiger partial charge in [0, 0.05) is 0 Å². The number of carbonyl (C=O) groups is 1. The molecule has 0 heterocycles. The van der Waals surface area contributed by atoms with E-state index in [0.717, 1.165) is 12.8 Å². The second kappa shape index (κ2) is 10.7. The van der Waals surface area contributed by atoms with Crippen molar-refractivity contribution in [2.45, 2.75) is 72.9 Å². The van der Waals surface area contributed by atoms with Gasteiger partial charge in [0.15, 0.2) is 0 Å². The molecule has 1 N–H and O–H groups in total. The number of carbonyl (C=O) groups excluding carboxylic acids is 1. The van der Waals surface area contributed by atoms with Crippen LogP contribution in [0.4, 0.5) is 0 Å². The van der Waals surface area contributed by atoms with Gasteiger partial charge < -0.3 is 24.8 Å². The molecule has 0 aromatic rings. The Hall–Kier alpha value is 0.630. The number of allylic oxidation sites excluding steroid dienone is 4. The van der Waals surface area contributed by atoms with Crippen LogP contribution in [0.2, 0.25) is 13.1 Å². The summed E-state index contributed by atoms with van der Waals surface area (Å²) in [7, 11) is 0. The normalized spacial score (nSPS) is 21.5. The summed E-state index contributed by atoms with van der Waals surface area (Å²) in [4.78, 5) is 12.8. The molecular weight excluding hydrogens is 436 g/mol. The Morgan fingerprint density at radius 1 is 1.04 bits per heavy atom. The Morgan fingerprint density at radius 2 is 1.58 bits per heavy atom. The van der Waals surface area contributed by atoms with Crippen molar-refractivity contribution in [2.75, 3.05) is 0 Å². The van der Waals surface area contributed by atoms with Crippen molar-refractivity contribution in [3.63, 3.8) is 0 Å². The van der Waals surface area contributed by atoms with Crippen molar-refractivity contribution in [1.29, 1.82) is 0 Å². The monoisotopic (exact) mass is 466 g/mol. The molecule has 2 aliphatic rings. The maximum Gasteiger partial charge on any atom is -1.00 e. The minimum absolute atomic E-state index is 0. The van der Waals surface area contributed by atoms with Crippen LogP contribution in [0.3, 0.4) is 0 Å². The van der Waals surface area contributed by atoms with E-state index in [2.05, 4.69) is 44.0 Å². The van der Waals surface area contributed by atoms with E-state index in [1.54, 1.807) is 3.28 Å². The zero-order valence-electron chi connectivity index (χ0n) is 15.9.